The highest BCUT2D eigenvalue weighted by molar-refractivity contribution is 5.94. The third-order valence-corrected chi connectivity index (χ3v) is 6.99. The Hall–Kier alpha value is -3.31. The number of hydrogen-bond donors (Lipinski definition) is 0. The van der Waals surface area contributed by atoms with Gasteiger partial charge in [-0.15, -0.1) is 0 Å². The number of nitrogens with zero attached hydrogens (tertiary/aromatic N) is 2. The van der Waals surface area contributed by atoms with Gasteiger partial charge in [-0.25, -0.2) is 0 Å². The Kier molecular flexibility index (Phi) is 8.65. The second-order valence-electron chi connectivity index (χ2n) is 10.1. The Balaban J connectivity index is 1.63. The maximum Gasteiger partial charge on any atom is 0.253 e. The average molecular weight is 487 g/mol. The largest absolute Gasteiger partial charge is 0.496 e. The second-order valence-corrected chi connectivity index (χ2v) is 10.1. The van der Waals surface area contributed by atoms with E-state index in [1.54, 1.807) is 14.2 Å². The van der Waals surface area contributed by atoms with Crippen molar-refractivity contribution in [1.82, 2.24) is 9.80 Å². The Bertz CT molecular complexity index is 1130. The minimum absolute atomic E-state index is 0.103. The summed E-state index contributed by atoms with van der Waals surface area (Å²) in [7, 11) is 3.46. The predicted molar refractivity (Wildman–Crippen MR) is 145 cm³/mol. The number of amides is 1. The molecule has 0 saturated carbocycles. The van der Waals surface area contributed by atoms with Gasteiger partial charge in [0.1, 0.15) is 11.5 Å². The van der Waals surface area contributed by atoms with E-state index in [9.17, 15) is 4.79 Å². The first-order valence-corrected chi connectivity index (χ1v) is 12.8. The zero-order chi connectivity index (χ0) is 25.5. The molecule has 0 aliphatic carbocycles. The highest BCUT2D eigenvalue weighted by Crippen LogP contribution is 2.39. The van der Waals surface area contributed by atoms with Gasteiger partial charge >= 0.3 is 0 Å². The molecule has 0 spiro atoms. The molecule has 1 heterocycles. The number of rotatable bonds is 10. The number of hydrogen-bond acceptors (Lipinski definition) is 4. The van der Waals surface area contributed by atoms with E-state index in [1.807, 2.05) is 54.6 Å². The minimum atomic E-state index is 0.103. The second kappa shape index (κ2) is 12.1. The lowest BCUT2D eigenvalue weighted by Crippen LogP contribution is -2.39. The molecule has 0 radical (unpaired) electrons. The van der Waals surface area contributed by atoms with Crippen molar-refractivity contribution in [2.24, 2.45) is 11.8 Å². The van der Waals surface area contributed by atoms with Crippen LogP contribution in [0.15, 0.2) is 78.9 Å². The Morgan fingerprint density at radius 2 is 1.53 bits per heavy atom. The van der Waals surface area contributed by atoms with E-state index in [-0.39, 0.29) is 17.7 Å². The molecule has 3 aromatic rings. The fourth-order valence-electron chi connectivity index (χ4n) is 5.40. The summed E-state index contributed by atoms with van der Waals surface area (Å²) in [4.78, 5) is 18.1. The summed E-state index contributed by atoms with van der Waals surface area (Å²) in [5.41, 5.74) is 3.14. The molecule has 190 valence electrons. The molecule has 1 saturated heterocycles. The first-order valence-electron chi connectivity index (χ1n) is 12.8. The van der Waals surface area contributed by atoms with Gasteiger partial charge in [-0.3, -0.25) is 9.69 Å². The normalized spacial score (nSPS) is 17.8. The van der Waals surface area contributed by atoms with E-state index in [0.717, 1.165) is 43.2 Å². The molecule has 1 fully saturated rings. The maximum absolute atomic E-state index is 13.6. The van der Waals surface area contributed by atoms with Gasteiger partial charge in [-0.05, 0) is 41.7 Å². The molecule has 4 rings (SSSR count). The fraction of sp³-hybridized carbons (Fsp3) is 0.387. The molecule has 1 aliphatic heterocycles. The van der Waals surface area contributed by atoms with Crippen LogP contribution in [0.2, 0.25) is 0 Å². The number of carbonyl (C=O) groups excluding carboxylic acids is 1. The number of likely N-dealkylation sites (tertiary alicyclic amines) is 1. The Morgan fingerprint density at radius 3 is 2.22 bits per heavy atom. The van der Waals surface area contributed by atoms with Crippen molar-refractivity contribution in [2.75, 3.05) is 40.4 Å². The Morgan fingerprint density at radius 1 is 0.889 bits per heavy atom. The summed E-state index contributed by atoms with van der Waals surface area (Å²) in [5, 5.41) is 0. The van der Waals surface area contributed by atoms with E-state index in [1.165, 1.54) is 11.1 Å². The summed E-state index contributed by atoms with van der Waals surface area (Å²) >= 11 is 0. The van der Waals surface area contributed by atoms with Crippen LogP contribution in [0, 0.1) is 11.8 Å². The van der Waals surface area contributed by atoms with Crippen LogP contribution in [-0.4, -0.2) is 56.1 Å². The van der Waals surface area contributed by atoms with Gasteiger partial charge in [0.25, 0.3) is 5.91 Å². The zero-order valence-electron chi connectivity index (χ0n) is 21.9. The van der Waals surface area contributed by atoms with Crippen LogP contribution in [0.3, 0.4) is 0 Å². The number of methoxy groups -OCH3 is 2. The molecule has 36 heavy (non-hydrogen) atoms. The maximum atomic E-state index is 13.6. The molecule has 1 amide bonds. The number of carbonyl (C=O) groups is 1. The van der Waals surface area contributed by atoms with Gasteiger partial charge in [0.2, 0.25) is 0 Å². The van der Waals surface area contributed by atoms with Gasteiger partial charge in [0, 0.05) is 49.8 Å². The van der Waals surface area contributed by atoms with Crippen LogP contribution in [-0.2, 0) is 6.54 Å². The molecule has 5 nitrogen and oxygen atoms in total. The van der Waals surface area contributed by atoms with E-state index >= 15 is 0 Å². The topological polar surface area (TPSA) is 42.0 Å². The summed E-state index contributed by atoms with van der Waals surface area (Å²) in [6.45, 7) is 8.39. The van der Waals surface area contributed by atoms with Crippen molar-refractivity contribution in [3.8, 4) is 11.5 Å². The van der Waals surface area contributed by atoms with Crippen molar-refractivity contribution >= 4 is 5.91 Å². The monoisotopic (exact) mass is 486 g/mol. The van der Waals surface area contributed by atoms with Crippen LogP contribution in [0.1, 0.15) is 41.3 Å². The number of ether oxygens (including phenoxy) is 2. The van der Waals surface area contributed by atoms with E-state index in [4.69, 9.17) is 9.47 Å². The standard InChI is InChI=1S/C31H38N2O3/c1-23(2)18-33(31(34)24-12-6-5-7-13-24)21-26-20-32(19-25-14-8-10-16-29(25)35-3)22-28(26)27-15-9-11-17-30(27)36-4/h5-17,23,26,28H,18-22H2,1-4H3/t26-,28+/m1/s1. The fourth-order valence-corrected chi connectivity index (χ4v) is 5.40. The minimum Gasteiger partial charge on any atom is -0.496 e. The molecule has 0 bridgehead atoms. The van der Waals surface area contributed by atoms with E-state index < -0.39 is 0 Å². The Labute approximate surface area is 215 Å². The summed E-state index contributed by atoms with van der Waals surface area (Å²) < 4.78 is 11.4. The summed E-state index contributed by atoms with van der Waals surface area (Å²) in [5.74, 6) is 2.85. The quantitative estimate of drug-likeness (QED) is 0.368. The van der Waals surface area contributed by atoms with Crippen molar-refractivity contribution in [2.45, 2.75) is 26.3 Å². The van der Waals surface area contributed by atoms with E-state index in [2.05, 4.69) is 47.9 Å². The third-order valence-electron chi connectivity index (χ3n) is 6.99. The lowest BCUT2D eigenvalue weighted by atomic mass is 9.87. The molecule has 3 aromatic carbocycles. The zero-order valence-corrected chi connectivity index (χ0v) is 21.9. The van der Waals surface area contributed by atoms with Crippen molar-refractivity contribution < 1.29 is 14.3 Å². The van der Waals surface area contributed by atoms with Crippen molar-refractivity contribution in [3.63, 3.8) is 0 Å². The van der Waals surface area contributed by atoms with Gasteiger partial charge in [0.15, 0.2) is 0 Å². The van der Waals surface area contributed by atoms with Crippen LogP contribution < -0.4 is 9.47 Å². The highest BCUT2D eigenvalue weighted by atomic mass is 16.5. The first-order chi connectivity index (χ1) is 17.5. The smallest absolute Gasteiger partial charge is 0.253 e. The molecular formula is C31H38N2O3. The molecule has 0 unspecified atom stereocenters. The lowest BCUT2D eigenvalue weighted by molar-refractivity contribution is 0.0703. The highest BCUT2D eigenvalue weighted by Gasteiger charge is 2.37. The van der Waals surface area contributed by atoms with Crippen LogP contribution >= 0.6 is 0 Å². The lowest BCUT2D eigenvalue weighted by Gasteiger charge is -2.30. The van der Waals surface area contributed by atoms with E-state index in [0.29, 0.717) is 12.5 Å². The molecule has 2 atom stereocenters. The van der Waals surface area contributed by atoms with Gasteiger partial charge < -0.3 is 14.4 Å². The van der Waals surface area contributed by atoms with Crippen LogP contribution in [0.5, 0.6) is 11.5 Å². The SMILES string of the molecule is COc1ccccc1CN1C[C@H](CN(CC(C)C)C(=O)c2ccccc2)[C@@H](c2ccccc2OC)C1. The number of benzene rings is 3. The molecule has 0 N–H and O–H groups in total. The molecule has 0 aromatic heterocycles. The van der Waals surface area contributed by atoms with Gasteiger partial charge in [0.05, 0.1) is 14.2 Å². The van der Waals surface area contributed by atoms with Gasteiger partial charge in [-0.2, -0.15) is 0 Å². The molecule has 5 heteroatoms. The van der Waals surface area contributed by atoms with Crippen LogP contribution in [0.4, 0.5) is 0 Å². The third kappa shape index (κ3) is 6.08. The molecule has 1 aliphatic rings. The van der Waals surface area contributed by atoms with Gasteiger partial charge in [-0.1, -0.05) is 68.4 Å². The van der Waals surface area contributed by atoms with Crippen LogP contribution in [0.25, 0.3) is 0 Å². The van der Waals surface area contributed by atoms with Crippen molar-refractivity contribution in [3.05, 3.63) is 95.6 Å². The number of para-hydroxylation sites is 2. The average Bonchev–Trinajstić information content (AvgIpc) is 3.30. The summed E-state index contributed by atoms with van der Waals surface area (Å²) in [6.07, 6.45) is 0. The summed E-state index contributed by atoms with van der Waals surface area (Å²) in [6, 6.07) is 26.2. The first kappa shape index (κ1) is 25.8. The molecular weight excluding hydrogens is 448 g/mol. The predicted octanol–water partition coefficient (Wildman–Crippen LogP) is 5.72. The van der Waals surface area contributed by atoms with Crippen molar-refractivity contribution in [1.29, 1.82) is 0 Å².